The zero-order chi connectivity index (χ0) is 22.4. The molecule has 0 spiro atoms. The molecule has 0 aromatic heterocycles. The van der Waals surface area contributed by atoms with E-state index in [4.69, 9.17) is 0 Å². The van der Waals surface area contributed by atoms with Gasteiger partial charge in [0.1, 0.15) is 0 Å². The van der Waals surface area contributed by atoms with Crippen molar-refractivity contribution < 1.29 is 0 Å². The van der Waals surface area contributed by atoms with Crippen molar-refractivity contribution in [2.45, 2.75) is 97.9 Å². The molecule has 0 heterocycles. The van der Waals surface area contributed by atoms with E-state index in [-0.39, 0.29) is 14.9 Å². The van der Waals surface area contributed by atoms with Crippen LogP contribution in [-0.2, 0) is 0 Å². The van der Waals surface area contributed by atoms with Crippen LogP contribution in [0.4, 0.5) is 0 Å². The number of rotatable bonds is 4. The Labute approximate surface area is 187 Å². The van der Waals surface area contributed by atoms with E-state index >= 15 is 0 Å². The highest BCUT2D eigenvalue weighted by Crippen LogP contribution is 2.24. The van der Waals surface area contributed by atoms with Crippen LogP contribution in [0.25, 0.3) is 0 Å². The van der Waals surface area contributed by atoms with Crippen molar-refractivity contribution in [3.63, 3.8) is 0 Å². The first-order valence-electron chi connectivity index (χ1n) is 10.5. The normalized spacial score (nSPS) is 9.14. The Morgan fingerprint density at radius 3 is 1.31 bits per heavy atom. The Morgan fingerprint density at radius 2 is 1.14 bits per heavy atom. The Kier molecular flexibility index (Phi) is 44.2. The van der Waals surface area contributed by atoms with Gasteiger partial charge in [0.2, 0.25) is 0 Å². The van der Waals surface area contributed by atoms with E-state index in [2.05, 4.69) is 77.3 Å². The fourth-order valence-corrected chi connectivity index (χ4v) is 2.02. The smallest absolute Gasteiger partial charge is 0.0213 e. The molecule has 1 aromatic carbocycles. The average Bonchev–Trinajstić information content (AvgIpc) is 2.69. The van der Waals surface area contributed by atoms with Gasteiger partial charge in [0.05, 0.1) is 0 Å². The van der Waals surface area contributed by atoms with E-state index in [1.165, 1.54) is 22.3 Å². The van der Waals surface area contributed by atoms with Gasteiger partial charge < -0.3 is 0 Å². The average molecular weight is 405 g/mol. The van der Waals surface area contributed by atoms with Crippen LogP contribution in [0.2, 0.25) is 0 Å². The van der Waals surface area contributed by atoms with E-state index in [0.29, 0.717) is 5.92 Å². The van der Waals surface area contributed by atoms with Crippen molar-refractivity contribution in [1.29, 1.82) is 0 Å². The first-order chi connectivity index (χ1) is 12.8. The van der Waals surface area contributed by atoms with Crippen molar-refractivity contribution >= 4 is 0 Å². The Balaban J connectivity index is -0.0000000714. The van der Waals surface area contributed by atoms with Crippen LogP contribution in [0.1, 0.15) is 95.2 Å². The highest BCUT2D eigenvalue weighted by Gasteiger charge is 2.07. The van der Waals surface area contributed by atoms with Crippen LogP contribution in [-0.4, -0.2) is 0 Å². The lowest BCUT2D eigenvalue weighted by Gasteiger charge is -2.14. The summed E-state index contributed by atoms with van der Waals surface area (Å²) in [7, 11) is 0. The summed E-state index contributed by atoms with van der Waals surface area (Å²) in [5.74, 6) is 0.515. The number of allylic oxidation sites excluding steroid dienone is 6. The molecular weight excluding hydrogens is 348 g/mol. The zero-order valence-electron chi connectivity index (χ0n) is 20.5. The molecule has 0 fully saturated rings. The molecule has 29 heavy (non-hydrogen) atoms. The predicted octanol–water partition coefficient (Wildman–Crippen LogP) is 10.9. The quantitative estimate of drug-likeness (QED) is 0.437. The van der Waals surface area contributed by atoms with Gasteiger partial charge in [-0.3, -0.25) is 0 Å². The molecule has 0 radical (unpaired) electrons. The summed E-state index contributed by atoms with van der Waals surface area (Å²) in [6.45, 7) is 32.3. The van der Waals surface area contributed by atoms with Gasteiger partial charge in [-0.25, -0.2) is 0 Å². The molecule has 0 aliphatic heterocycles. The van der Waals surface area contributed by atoms with E-state index in [9.17, 15) is 0 Å². The number of aryl methyl sites for hydroxylation is 2. The van der Waals surface area contributed by atoms with Crippen LogP contribution in [0.15, 0.2) is 72.4 Å². The second kappa shape index (κ2) is 30.9. The van der Waals surface area contributed by atoms with E-state index in [1.807, 2.05) is 61.5 Å². The van der Waals surface area contributed by atoms with Crippen LogP contribution in [0, 0.1) is 19.8 Å². The Bertz CT molecular complexity index is 486. The van der Waals surface area contributed by atoms with Gasteiger partial charge in [-0.05, 0) is 44.8 Å². The van der Waals surface area contributed by atoms with Gasteiger partial charge in [-0.2, -0.15) is 0 Å². The fourth-order valence-electron chi connectivity index (χ4n) is 2.02. The summed E-state index contributed by atoms with van der Waals surface area (Å²) < 4.78 is 0. The van der Waals surface area contributed by atoms with E-state index in [1.54, 1.807) is 0 Å². The molecule has 0 N–H and O–H groups in total. The maximum absolute atomic E-state index is 3.97. The minimum Gasteiger partial charge on any atom is -0.0991 e. The van der Waals surface area contributed by atoms with Gasteiger partial charge in [-0.1, -0.05) is 143 Å². The molecule has 0 amide bonds. The minimum absolute atomic E-state index is 0. The molecule has 0 heteroatoms. The SMILES string of the molecule is C.C.C=C/C=C(/C(=C\C)C(=C)C)C(C)C.CC.CC.CC.Cc1ccc(C)cc1. The van der Waals surface area contributed by atoms with Gasteiger partial charge in [0, 0.05) is 0 Å². The summed E-state index contributed by atoms with van der Waals surface area (Å²) in [6.07, 6.45) is 6.01. The Morgan fingerprint density at radius 1 is 0.828 bits per heavy atom. The lowest BCUT2D eigenvalue weighted by molar-refractivity contribution is 0.779. The van der Waals surface area contributed by atoms with Crippen LogP contribution < -0.4 is 0 Å². The second-order valence-electron chi connectivity index (χ2n) is 5.65. The number of hydrogen-bond acceptors (Lipinski definition) is 0. The summed E-state index contributed by atoms with van der Waals surface area (Å²) in [4.78, 5) is 0. The molecule has 0 nitrogen and oxygen atoms in total. The third-order valence-electron chi connectivity index (χ3n) is 3.20. The van der Waals surface area contributed by atoms with Gasteiger partial charge in [0.15, 0.2) is 0 Å². The second-order valence-corrected chi connectivity index (χ2v) is 5.65. The zero-order valence-corrected chi connectivity index (χ0v) is 20.5. The van der Waals surface area contributed by atoms with E-state index in [0.717, 1.165) is 5.57 Å². The molecule has 0 saturated heterocycles. The Hall–Kier alpha value is -1.82. The molecule has 0 atom stereocenters. The summed E-state index contributed by atoms with van der Waals surface area (Å²) in [6, 6.07) is 8.48. The molecule has 172 valence electrons. The van der Waals surface area contributed by atoms with E-state index < -0.39 is 0 Å². The summed E-state index contributed by atoms with van der Waals surface area (Å²) >= 11 is 0. The first kappa shape index (κ1) is 41.5. The number of hydrogen-bond donors (Lipinski definition) is 0. The largest absolute Gasteiger partial charge is 0.0991 e. The molecular formula is C29H56. The van der Waals surface area contributed by atoms with Gasteiger partial charge in [-0.15, -0.1) is 0 Å². The first-order valence-corrected chi connectivity index (χ1v) is 10.5. The molecule has 1 aromatic rings. The lowest BCUT2D eigenvalue weighted by atomic mass is 9.91. The lowest BCUT2D eigenvalue weighted by Crippen LogP contribution is -1.98. The highest BCUT2D eigenvalue weighted by molar-refractivity contribution is 5.46. The standard InChI is InChI=1S/C13H20.C8H10.3C2H6.2CH4/c1-7-9-13(11(5)6)12(8-2)10(3)4;1-7-3-5-8(2)6-4-7;3*1-2;;/h7-9,11H,1,3H2,2,4-6H3;3-6H,1-2H3;3*1-2H3;2*1H4/b12-8-,13-9+;;;;;;. The maximum atomic E-state index is 3.97. The summed E-state index contributed by atoms with van der Waals surface area (Å²) in [5.41, 5.74) is 6.33. The molecule has 0 aliphatic rings. The van der Waals surface area contributed by atoms with Crippen LogP contribution in [0.3, 0.4) is 0 Å². The molecule has 0 bridgehead atoms. The van der Waals surface area contributed by atoms with Crippen molar-refractivity contribution in [2.75, 3.05) is 0 Å². The van der Waals surface area contributed by atoms with Crippen molar-refractivity contribution in [3.05, 3.63) is 83.5 Å². The third-order valence-corrected chi connectivity index (χ3v) is 3.20. The maximum Gasteiger partial charge on any atom is -0.0213 e. The van der Waals surface area contributed by atoms with Crippen LogP contribution in [0.5, 0.6) is 0 Å². The molecule has 0 unspecified atom stereocenters. The predicted molar refractivity (Wildman–Crippen MR) is 145 cm³/mol. The fraction of sp³-hybridized carbons (Fsp3) is 0.517. The van der Waals surface area contributed by atoms with Crippen molar-refractivity contribution in [2.24, 2.45) is 5.92 Å². The molecule has 0 aliphatic carbocycles. The molecule has 0 saturated carbocycles. The van der Waals surface area contributed by atoms with Crippen molar-refractivity contribution in [1.82, 2.24) is 0 Å². The van der Waals surface area contributed by atoms with Crippen LogP contribution >= 0.6 is 0 Å². The summed E-state index contributed by atoms with van der Waals surface area (Å²) in [5, 5.41) is 0. The van der Waals surface area contributed by atoms with Gasteiger partial charge in [0.25, 0.3) is 0 Å². The van der Waals surface area contributed by atoms with Gasteiger partial charge >= 0.3 is 0 Å². The number of benzene rings is 1. The molecule has 1 rings (SSSR count). The monoisotopic (exact) mass is 404 g/mol. The topological polar surface area (TPSA) is 0 Å². The highest BCUT2D eigenvalue weighted by atomic mass is 14.1. The minimum atomic E-state index is 0. The third kappa shape index (κ3) is 24.1. The van der Waals surface area contributed by atoms with Crippen molar-refractivity contribution in [3.8, 4) is 0 Å².